The first kappa shape index (κ1) is 15.4. The first-order valence-electron chi connectivity index (χ1n) is 7.16. The van der Waals surface area contributed by atoms with Gasteiger partial charge in [0.25, 0.3) is 0 Å². The lowest BCUT2D eigenvalue weighted by Crippen LogP contribution is -2.30. The standard InChI is InChI=1S/C15H21N3O3/c1-21-8-4-7-17-14(19)12-9-13(12)15(20)18-10-11-5-2-3-6-16-11/h2-3,5-6,12-13H,4,7-10H2,1H3,(H,17,19)(H,18,20). The second-order valence-electron chi connectivity index (χ2n) is 5.12. The largest absolute Gasteiger partial charge is 0.385 e. The molecule has 2 amide bonds. The van der Waals surface area contributed by atoms with Crippen LogP contribution in [0.1, 0.15) is 18.5 Å². The second-order valence-corrected chi connectivity index (χ2v) is 5.12. The Hall–Kier alpha value is -1.95. The Morgan fingerprint density at radius 3 is 2.71 bits per heavy atom. The zero-order valence-electron chi connectivity index (χ0n) is 12.2. The van der Waals surface area contributed by atoms with Crippen molar-refractivity contribution in [2.45, 2.75) is 19.4 Å². The Labute approximate surface area is 124 Å². The minimum atomic E-state index is -0.198. The molecule has 1 aliphatic rings. The molecular weight excluding hydrogens is 270 g/mol. The molecule has 0 radical (unpaired) electrons. The highest BCUT2D eigenvalue weighted by Gasteiger charge is 2.47. The fraction of sp³-hybridized carbons (Fsp3) is 0.533. The third-order valence-electron chi connectivity index (χ3n) is 3.46. The van der Waals surface area contributed by atoms with E-state index in [1.54, 1.807) is 13.3 Å². The fourth-order valence-electron chi connectivity index (χ4n) is 2.15. The van der Waals surface area contributed by atoms with Crippen LogP contribution in [0.4, 0.5) is 0 Å². The van der Waals surface area contributed by atoms with E-state index in [-0.39, 0.29) is 23.7 Å². The first-order chi connectivity index (χ1) is 10.2. The van der Waals surface area contributed by atoms with Gasteiger partial charge < -0.3 is 15.4 Å². The van der Waals surface area contributed by atoms with E-state index in [0.717, 1.165) is 12.1 Å². The Morgan fingerprint density at radius 1 is 1.29 bits per heavy atom. The highest BCUT2D eigenvalue weighted by atomic mass is 16.5. The van der Waals surface area contributed by atoms with Gasteiger partial charge in [-0.3, -0.25) is 14.6 Å². The van der Waals surface area contributed by atoms with E-state index in [1.807, 2.05) is 18.2 Å². The van der Waals surface area contributed by atoms with Crippen molar-refractivity contribution in [2.75, 3.05) is 20.3 Å². The number of nitrogens with one attached hydrogen (secondary N) is 2. The summed E-state index contributed by atoms with van der Waals surface area (Å²) in [7, 11) is 1.63. The van der Waals surface area contributed by atoms with Crippen molar-refractivity contribution in [2.24, 2.45) is 11.8 Å². The van der Waals surface area contributed by atoms with Crippen LogP contribution in [0.25, 0.3) is 0 Å². The zero-order chi connectivity index (χ0) is 15.1. The van der Waals surface area contributed by atoms with Crippen LogP contribution in [0.2, 0.25) is 0 Å². The van der Waals surface area contributed by atoms with Crippen molar-refractivity contribution in [3.63, 3.8) is 0 Å². The molecule has 1 aliphatic carbocycles. The maximum atomic E-state index is 11.9. The quantitative estimate of drug-likeness (QED) is 0.683. The summed E-state index contributed by atoms with van der Waals surface area (Å²) >= 11 is 0. The summed E-state index contributed by atoms with van der Waals surface area (Å²) in [6.07, 6.45) is 3.10. The second kappa shape index (κ2) is 7.73. The molecular formula is C15H21N3O3. The molecule has 0 aromatic carbocycles. The topological polar surface area (TPSA) is 80.3 Å². The number of carbonyl (C=O) groups excluding carboxylic acids is 2. The van der Waals surface area contributed by atoms with Crippen molar-refractivity contribution in [3.8, 4) is 0 Å². The minimum Gasteiger partial charge on any atom is -0.385 e. The highest BCUT2D eigenvalue weighted by molar-refractivity contribution is 5.92. The number of methoxy groups -OCH3 is 1. The highest BCUT2D eigenvalue weighted by Crippen LogP contribution is 2.38. The van der Waals surface area contributed by atoms with Crippen molar-refractivity contribution in [3.05, 3.63) is 30.1 Å². The average Bonchev–Trinajstić information content (AvgIpc) is 3.31. The fourth-order valence-corrected chi connectivity index (χ4v) is 2.15. The van der Waals surface area contributed by atoms with E-state index in [4.69, 9.17) is 4.74 Å². The van der Waals surface area contributed by atoms with Crippen molar-refractivity contribution < 1.29 is 14.3 Å². The molecule has 21 heavy (non-hydrogen) atoms. The van der Waals surface area contributed by atoms with Crippen LogP contribution in [0.15, 0.2) is 24.4 Å². The molecule has 2 N–H and O–H groups in total. The van der Waals surface area contributed by atoms with Gasteiger partial charge in [0.05, 0.1) is 24.1 Å². The number of pyridine rings is 1. The number of amides is 2. The summed E-state index contributed by atoms with van der Waals surface area (Å²) in [5, 5.41) is 5.65. The molecule has 6 nitrogen and oxygen atoms in total. The lowest BCUT2D eigenvalue weighted by molar-refractivity contribution is -0.127. The van der Waals surface area contributed by atoms with Crippen LogP contribution in [0.5, 0.6) is 0 Å². The summed E-state index contributed by atoms with van der Waals surface area (Å²) in [6.45, 7) is 1.61. The lowest BCUT2D eigenvalue weighted by atomic mass is 10.2. The normalized spacial score (nSPS) is 19.9. The van der Waals surface area contributed by atoms with Gasteiger partial charge in [0.15, 0.2) is 0 Å². The molecule has 114 valence electrons. The molecule has 0 saturated heterocycles. The van der Waals surface area contributed by atoms with E-state index < -0.39 is 0 Å². The van der Waals surface area contributed by atoms with Crippen LogP contribution < -0.4 is 10.6 Å². The Kier molecular flexibility index (Phi) is 5.68. The SMILES string of the molecule is COCCCNC(=O)C1CC1C(=O)NCc1ccccn1. The van der Waals surface area contributed by atoms with Crippen molar-refractivity contribution in [1.82, 2.24) is 15.6 Å². The predicted molar refractivity (Wildman–Crippen MR) is 77.2 cm³/mol. The van der Waals surface area contributed by atoms with Gasteiger partial charge in [-0.25, -0.2) is 0 Å². The molecule has 1 aromatic rings. The maximum Gasteiger partial charge on any atom is 0.224 e. The van der Waals surface area contributed by atoms with Gasteiger partial charge >= 0.3 is 0 Å². The molecule has 2 unspecified atom stereocenters. The summed E-state index contributed by atoms with van der Waals surface area (Å²) in [6, 6.07) is 5.56. The Balaban J connectivity index is 1.65. The van der Waals surface area contributed by atoms with E-state index in [2.05, 4.69) is 15.6 Å². The Bertz CT molecular complexity index is 478. The summed E-state index contributed by atoms with van der Waals surface area (Å²) < 4.78 is 4.91. The molecule has 0 spiro atoms. The zero-order valence-corrected chi connectivity index (χ0v) is 12.2. The third kappa shape index (κ3) is 4.82. The number of ether oxygens (including phenoxy) is 1. The molecule has 1 heterocycles. The van der Waals surface area contributed by atoms with Gasteiger partial charge in [-0.15, -0.1) is 0 Å². The molecule has 1 fully saturated rings. The van der Waals surface area contributed by atoms with Crippen molar-refractivity contribution >= 4 is 11.8 Å². The van der Waals surface area contributed by atoms with Crippen LogP contribution in [0, 0.1) is 11.8 Å². The smallest absolute Gasteiger partial charge is 0.224 e. The summed E-state index contributed by atoms with van der Waals surface area (Å²) in [4.78, 5) is 27.9. The van der Waals surface area contributed by atoms with E-state index >= 15 is 0 Å². The minimum absolute atomic E-state index is 0.0379. The molecule has 2 rings (SSSR count). The number of rotatable bonds is 8. The number of nitrogens with zero attached hydrogens (tertiary/aromatic N) is 1. The molecule has 2 atom stereocenters. The number of hydrogen-bond acceptors (Lipinski definition) is 4. The monoisotopic (exact) mass is 291 g/mol. The molecule has 6 heteroatoms. The van der Waals surface area contributed by atoms with Gasteiger partial charge in [-0.2, -0.15) is 0 Å². The van der Waals surface area contributed by atoms with Gasteiger partial charge in [-0.05, 0) is 25.0 Å². The lowest BCUT2D eigenvalue weighted by Gasteiger charge is -2.05. The third-order valence-corrected chi connectivity index (χ3v) is 3.46. The van der Waals surface area contributed by atoms with Crippen LogP contribution >= 0.6 is 0 Å². The number of aromatic nitrogens is 1. The van der Waals surface area contributed by atoms with Gasteiger partial charge in [0.1, 0.15) is 0 Å². The van der Waals surface area contributed by atoms with Gasteiger partial charge in [0.2, 0.25) is 11.8 Å². The maximum absolute atomic E-state index is 11.9. The van der Waals surface area contributed by atoms with Crippen LogP contribution in [-0.4, -0.2) is 37.1 Å². The van der Waals surface area contributed by atoms with E-state index in [9.17, 15) is 9.59 Å². The summed E-state index contributed by atoms with van der Waals surface area (Å²) in [5.74, 6) is -0.491. The molecule has 1 saturated carbocycles. The van der Waals surface area contributed by atoms with Crippen LogP contribution in [0.3, 0.4) is 0 Å². The molecule has 1 aromatic heterocycles. The molecule has 0 aliphatic heterocycles. The number of carbonyl (C=O) groups is 2. The summed E-state index contributed by atoms with van der Waals surface area (Å²) in [5.41, 5.74) is 0.812. The Morgan fingerprint density at radius 2 is 2.05 bits per heavy atom. The van der Waals surface area contributed by atoms with Gasteiger partial charge in [0, 0.05) is 26.5 Å². The average molecular weight is 291 g/mol. The van der Waals surface area contributed by atoms with Crippen LogP contribution in [-0.2, 0) is 20.9 Å². The first-order valence-corrected chi connectivity index (χ1v) is 7.16. The number of hydrogen-bond donors (Lipinski definition) is 2. The van der Waals surface area contributed by atoms with Crippen molar-refractivity contribution in [1.29, 1.82) is 0 Å². The van der Waals surface area contributed by atoms with Gasteiger partial charge in [-0.1, -0.05) is 6.07 Å². The molecule has 0 bridgehead atoms. The van der Waals surface area contributed by atoms with E-state index in [1.165, 1.54) is 0 Å². The predicted octanol–water partition coefficient (Wildman–Crippen LogP) is 0.487. The van der Waals surface area contributed by atoms with E-state index in [0.29, 0.717) is 26.1 Å².